The van der Waals surface area contributed by atoms with Crippen LogP contribution in [0.2, 0.25) is 5.02 Å². The minimum Gasteiger partial charge on any atom is -0.497 e. The van der Waals surface area contributed by atoms with Gasteiger partial charge in [0.1, 0.15) is 11.4 Å². The monoisotopic (exact) mass is 239 g/mol. The zero-order valence-corrected chi connectivity index (χ0v) is 9.55. The second-order valence-corrected chi connectivity index (χ2v) is 3.87. The van der Waals surface area contributed by atoms with E-state index in [9.17, 15) is 4.79 Å². The van der Waals surface area contributed by atoms with Crippen LogP contribution >= 0.6 is 11.6 Å². The van der Waals surface area contributed by atoms with E-state index >= 15 is 0 Å². The van der Waals surface area contributed by atoms with Gasteiger partial charge in [-0.15, -0.1) is 0 Å². The number of carbonyl (C=O) groups is 1. The summed E-state index contributed by atoms with van der Waals surface area (Å²) in [5.74, 6) is -0.403. The molecule has 0 aliphatic carbocycles. The summed E-state index contributed by atoms with van der Waals surface area (Å²) in [7, 11) is 1.53. The molecule has 2 rings (SSSR count). The van der Waals surface area contributed by atoms with Crippen LogP contribution in [-0.2, 0) is 0 Å². The van der Waals surface area contributed by atoms with Crippen LogP contribution in [0.15, 0.2) is 12.1 Å². The summed E-state index contributed by atoms with van der Waals surface area (Å²) in [4.78, 5) is 13.8. The molecule has 0 spiro atoms. The Bertz CT molecular complexity index is 574. The van der Waals surface area contributed by atoms with Gasteiger partial charge in [-0.05, 0) is 18.6 Å². The first-order valence-electron chi connectivity index (χ1n) is 4.63. The predicted molar refractivity (Wildman–Crippen MR) is 61.6 cm³/mol. The van der Waals surface area contributed by atoms with Crippen molar-refractivity contribution < 1.29 is 14.6 Å². The summed E-state index contributed by atoms with van der Waals surface area (Å²) in [5.41, 5.74) is 1.46. The highest BCUT2D eigenvalue weighted by molar-refractivity contribution is 6.36. The Kier molecular flexibility index (Phi) is 2.52. The van der Waals surface area contributed by atoms with Crippen LogP contribution in [0.25, 0.3) is 10.9 Å². The zero-order chi connectivity index (χ0) is 11.9. The van der Waals surface area contributed by atoms with Crippen molar-refractivity contribution in [2.45, 2.75) is 6.92 Å². The minimum absolute atomic E-state index is 0.158. The fourth-order valence-corrected chi connectivity index (χ4v) is 2.10. The average molecular weight is 240 g/mol. The number of hydrogen-bond acceptors (Lipinski definition) is 2. The summed E-state index contributed by atoms with van der Waals surface area (Å²) >= 11 is 6.07. The van der Waals surface area contributed by atoms with E-state index in [2.05, 4.69) is 4.98 Å². The van der Waals surface area contributed by atoms with E-state index in [0.717, 1.165) is 5.39 Å². The Morgan fingerprint density at radius 1 is 1.50 bits per heavy atom. The molecule has 0 bridgehead atoms. The lowest BCUT2D eigenvalue weighted by molar-refractivity contribution is 0.0691. The van der Waals surface area contributed by atoms with E-state index in [0.29, 0.717) is 21.9 Å². The van der Waals surface area contributed by atoms with Gasteiger partial charge in [-0.1, -0.05) is 11.6 Å². The third-order valence-electron chi connectivity index (χ3n) is 2.52. The van der Waals surface area contributed by atoms with Crippen molar-refractivity contribution in [2.24, 2.45) is 0 Å². The van der Waals surface area contributed by atoms with Gasteiger partial charge in [-0.2, -0.15) is 0 Å². The molecule has 16 heavy (non-hydrogen) atoms. The third-order valence-corrected chi connectivity index (χ3v) is 2.82. The molecule has 0 unspecified atom stereocenters. The molecule has 0 saturated heterocycles. The molecular weight excluding hydrogens is 230 g/mol. The molecule has 1 aromatic heterocycles. The molecule has 0 atom stereocenters. The molecule has 1 heterocycles. The molecule has 0 amide bonds. The first kappa shape index (κ1) is 10.8. The van der Waals surface area contributed by atoms with Crippen LogP contribution < -0.4 is 4.74 Å². The molecule has 0 fully saturated rings. The highest BCUT2D eigenvalue weighted by atomic mass is 35.5. The van der Waals surface area contributed by atoms with Crippen LogP contribution in [-0.4, -0.2) is 23.2 Å². The van der Waals surface area contributed by atoms with Gasteiger partial charge in [0.25, 0.3) is 0 Å². The topological polar surface area (TPSA) is 62.3 Å². The van der Waals surface area contributed by atoms with Crippen LogP contribution in [0.1, 0.15) is 16.1 Å². The number of aromatic amines is 1. The maximum atomic E-state index is 11.0. The molecule has 2 N–H and O–H groups in total. The fraction of sp³-hybridized carbons (Fsp3) is 0.182. The van der Waals surface area contributed by atoms with E-state index < -0.39 is 5.97 Å². The maximum Gasteiger partial charge on any atom is 0.352 e. The van der Waals surface area contributed by atoms with Gasteiger partial charge in [0.15, 0.2) is 0 Å². The SMILES string of the molecule is COc1cc(Cl)c2c(C)c(C(=O)O)[nH]c2c1. The number of aryl methyl sites for hydroxylation is 1. The summed E-state index contributed by atoms with van der Waals surface area (Å²) < 4.78 is 5.06. The fourth-order valence-electron chi connectivity index (χ4n) is 1.75. The molecule has 1 aromatic carbocycles. The number of H-pyrrole nitrogens is 1. The highest BCUT2D eigenvalue weighted by Gasteiger charge is 2.16. The number of benzene rings is 1. The Balaban J connectivity index is 2.80. The van der Waals surface area contributed by atoms with Crippen molar-refractivity contribution in [1.29, 1.82) is 0 Å². The molecule has 2 aromatic rings. The van der Waals surface area contributed by atoms with E-state index in [1.165, 1.54) is 7.11 Å². The number of aromatic carboxylic acids is 1. The molecule has 0 aliphatic heterocycles. The second kappa shape index (κ2) is 3.72. The zero-order valence-electron chi connectivity index (χ0n) is 8.80. The molecular formula is C11H10ClNO3. The number of methoxy groups -OCH3 is 1. The number of ether oxygens (including phenoxy) is 1. The Labute approximate surface area is 96.8 Å². The van der Waals surface area contributed by atoms with E-state index in [4.69, 9.17) is 21.4 Å². The first-order chi connectivity index (χ1) is 7.54. The van der Waals surface area contributed by atoms with Crippen molar-refractivity contribution in [3.05, 3.63) is 28.4 Å². The molecule has 4 nitrogen and oxygen atoms in total. The number of nitrogens with one attached hydrogen (secondary N) is 1. The number of carboxylic acid groups (broad SMARTS) is 1. The maximum absolute atomic E-state index is 11.0. The van der Waals surface area contributed by atoms with Crippen LogP contribution in [0.4, 0.5) is 0 Å². The van der Waals surface area contributed by atoms with Gasteiger partial charge in [-0.25, -0.2) is 4.79 Å². The first-order valence-corrected chi connectivity index (χ1v) is 5.01. The van der Waals surface area contributed by atoms with E-state index in [1.807, 2.05) is 0 Å². The summed E-state index contributed by atoms with van der Waals surface area (Å²) in [5, 5.41) is 10.2. The third kappa shape index (κ3) is 1.51. The van der Waals surface area contributed by atoms with Gasteiger partial charge >= 0.3 is 5.97 Å². The van der Waals surface area contributed by atoms with Gasteiger partial charge in [0.2, 0.25) is 0 Å². The van der Waals surface area contributed by atoms with E-state index in [-0.39, 0.29) is 5.69 Å². The predicted octanol–water partition coefficient (Wildman–Crippen LogP) is 2.84. The standard InChI is InChI=1S/C11H10ClNO3/c1-5-9-7(12)3-6(16-2)4-8(9)13-10(5)11(14)15/h3-4,13H,1-2H3,(H,14,15). The summed E-state index contributed by atoms with van der Waals surface area (Å²) in [6.45, 7) is 1.72. The number of hydrogen-bond donors (Lipinski definition) is 2. The summed E-state index contributed by atoms with van der Waals surface area (Å²) in [6, 6.07) is 3.39. The molecule has 0 aliphatic rings. The summed E-state index contributed by atoms with van der Waals surface area (Å²) in [6.07, 6.45) is 0. The molecule has 0 radical (unpaired) electrons. The molecule has 0 saturated carbocycles. The lowest BCUT2D eigenvalue weighted by Gasteiger charge is -2.01. The Morgan fingerprint density at radius 3 is 2.75 bits per heavy atom. The number of aromatic nitrogens is 1. The Morgan fingerprint density at radius 2 is 2.19 bits per heavy atom. The average Bonchev–Trinajstić information content (AvgIpc) is 2.56. The highest BCUT2D eigenvalue weighted by Crippen LogP contribution is 2.32. The Hall–Kier alpha value is -1.68. The molecule has 84 valence electrons. The molecule has 5 heteroatoms. The van der Waals surface area contributed by atoms with Gasteiger partial charge < -0.3 is 14.8 Å². The normalized spacial score (nSPS) is 10.7. The quantitative estimate of drug-likeness (QED) is 0.847. The van der Waals surface area contributed by atoms with Gasteiger partial charge in [0, 0.05) is 11.5 Å². The van der Waals surface area contributed by atoms with E-state index in [1.54, 1.807) is 19.1 Å². The van der Waals surface area contributed by atoms with Crippen LogP contribution in [0, 0.1) is 6.92 Å². The van der Waals surface area contributed by atoms with Crippen molar-refractivity contribution in [2.75, 3.05) is 7.11 Å². The largest absolute Gasteiger partial charge is 0.497 e. The van der Waals surface area contributed by atoms with Gasteiger partial charge in [0.05, 0.1) is 17.6 Å². The van der Waals surface area contributed by atoms with Crippen LogP contribution in [0.5, 0.6) is 5.75 Å². The van der Waals surface area contributed by atoms with Crippen molar-refractivity contribution in [1.82, 2.24) is 4.98 Å². The number of carboxylic acids is 1. The number of rotatable bonds is 2. The number of fused-ring (bicyclic) bond motifs is 1. The lowest BCUT2D eigenvalue weighted by atomic mass is 10.1. The van der Waals surface area contributed by atoms with Gasteiger partial charge in [-0.3, -0.25) is 0 Å². The minimum atomic E-state index is -0.997. The van der Waals surface area contributed by atoms with Crippen molar-refractivity contribution >= 4 is 28.5 Å². The smallest absolute Gasteiger partial charge is 0.352 e. The lowest BCUT2D eigenvalue weighted by Crippen LogP contribution is -1.98. The van der Waals surface area contributed by atoms with Crippen LogP contribution in [0.3, 0.4) is 0 Å². The number of halogens is 1. The van der Waals surface area contributed by atoms with Crippen molar-refractivity contribution in [3.8, 4) is 5.75 Å². The second-order valence-electron chi connectivity index (χ2n) is 3.46. The van der Waals surface area contributed by atoms with Crippen molar-refractivity contribution in [3.63, 3.8) is 0 Å².